The zero-order valence-corrected chi connectivity index (χ0v) is 11.1. The fourth-order valence-corrected chi connectivity index (χ4v) is 1.18. The Morgan fingerprint density at radius 1 is 1.39 bits per heavy atom. The molecule has 0 radical (unpaired) electrons. The van der Waals surface area contributed by atoms with Crippen LogP contribution in [0.4, 0.5) is 5.69 Å². The molecule has 0 spiro atoms. The van der Waals surface area contributed by atoms with Crippen molar-refractivity contribution in [3.8, 4) is 0 Å². The fourth-order valence-electron chi connectivity index (χ4n) is 1.18. The quantitative estimate of drug-likeness (QED) is 0.619. The number of anilines is 1. The number of hydrogen-bond acceptors (Lipinski definition) is 2. The summed E-state index contributed by atoms with van der Waals surface area (Å²) in [5, 5.41) is 3.12. The average Bonchev–Trinajstić information content (AvgIpc) is 2.40. The lowest BCUT2D eigenvalue weighted by atomic mass is 10.2. The Morgan fingerprint density at radius 3 is 2.56 bits per heavy atom. The average molecular weight is 243 g/mol. The summed E-state index contributed by atoms with van der Waals surface area (Å²) >= 11 is 0. The fraction of sp³-hybridized carbons (Fsp3) is 0.188. The van der Waals surface area contributed by atoms with E-state index in [2.05, 4.69) is 18.5 Å². The van der Waals surface area contributed by atoms with Gasteiger partial charge in [-0.15, -0.1) is 0 Å². The number of nitrogens with one attached hydrogen (secondary N) is 1. The monoisotopic (exact) mass is 243 g/mol. The summed E-state index contributed by atoms with van der Waals surface area (Å²) in [6.45, 7) is 12.0. The molecule has 2 nitrogen and oxygen atoms in total. The highest BCUT2D eigenvalue weighted by Crippen LogP contribution is 2.07. The van der Waals surface area contributed by atoms with Crippen LogP contribution in [0.5, 0.6) is 0 Å². The van der Waals surface area contributed by atoms with Gasteiger partial charge in [-0.2, -0.15) is 0 Å². The van der Waals surface area contributed by atoms with E-state index in [9.17, 15) is 4.79 Å². The highest BCUT2D eigenvalue weighted by atomic mass is 16.1. The van der Waals surface area contributed by atoms with Crippen LogP contribution >= 0.6 is 0 Å². The summed E-state index contributed by atoms with van der Waals surface area (Å²) < 4.78 is 0. The molecule has 1 rings (SSSR count). The first kappa shape index (κ1) is 15.9. The maximum absolute atomic E-state index is 10.3. The third-order valence-electron chi connectivity index (χ3n) is 2.11. The minimum Gasteiger partial charge on any atom is -0.385 e. The zero-order valence-electron chi connectivity index (χ0n) is 11.1. The van der Waals surface area contributed by atoms with Gasteiger partial charge in [-0.3, -0.25) is 4.79 Å². The number of aldehydes is 1. The zero-order chi connectivity index (χ0) is 13.8. The van der Waals surface area contributed by atoms with Gasteiger partial charge in [-0.05, 0) is 26.0 Å². The molecule has 0 aliphatic rings. The number of allylic oxidation sites excluding steroid dienone is 4. The Balaban J connectivity index is 0.000000360. The Hall–Kier alpha value is -2.09. The van der Waals surface area contributed by atoms with Crippen molar-refractivity contribution < 1.29 is 4.79 Å². The third-order valence-corrected chi connectivity index (χ3v) is 2.11. The van der Waals surface area contributed by atoms with Crippen LogP contribution in [0.25, 0.3) is 0 Å². The number of carbonyl (C=O) groups is 1. The lowest BCUT2D eigenvalue weighted by Gasteiger charge is -2.01. The highest BCUT2D eigenvalue weighted by Gasteiger charge is 1.90. The second kappa shape index (κ2) is 10.1. The second-order valence-electron chi connectivity index (χ2n) is 3.62. The van der Waals surface area contributed by atoms with Crippen LogP contribution in [-0.2, 0) is 0 Å². The van der Waals surface area contributed by atoms with Crippen LogP contribution in [0.2, 0.25) is 0 Å². The molecule has 0 atom stereocenters. The molecule has 0 saturated carbocycles. The molecule has 0 amide bonds. The minimum atomic E-state index is 0.712. The Morgan fingerprint density at radius 2 is 2.11 bits per heavy atom. The van der Waals surface area contributed by atoms with Gasteiger partial charge in [-0.1, -0.05) is 49.1 Å². The predicted molar refractivity (Wildman–Crippen MR) is 80.1 cm³/mol. The molecule has 0 aliphatic heterocycles. The van der Waals surface area contributed by atoms with E-state index in [1.54, 1.807) is 18.2 Å². The van der Waals surface area contributed by atoms with Crippen molar-refractivity contribution in [2.24, 2.45) is 0 Å². The Bertz CT molecular complexity index is 419. The molecular formula is C16H21NO. The lowest BCUT2D eigenvalue weighted by Crippen LogP contribution is -1.96. The van der Waals surface area contributed by atoms with Gasteiger partial charge in [0.05, 0.1) is 0 Å². The summed E-state index contributed by atoms with van der Waals surface area (Å²) in [6, 6.07) is 7.42. The first-order valence-corrected chi connectivity index (χ1v) is 5.88. The van der Waals surface area contributed by atoms with E-state index in [0.717, 1.165) is 24.1 Å². The van der Waals surface area contributed by atoms with Gasteiger partial charge in [0.2, 0.25) is 0 Å². The molecule has 0 aliphatic carbocycles. The molecule has 1 aromatic carbocycles. The first-order valence-electron chi connectivity index (χ1n) is 5.88. The SMILES string of the molecule is C=C/C=C(/C)C=C.CCNc1cccc(C=O)c1. The van der Waals surface area contributed by atoms with Crippen molar-refractivity contribution in [3.05, 3.63) is 66.8 Å². The summed E-state index contributed by atoms with van der Waals surface area (Å²) in [6.07, 6.45) is 6.30. The molecule has 1 N–H and O–H groups in total. The topological polar surface area (TPSA) is 29.1 Å². The van der Waals surface area contributed by atoms with E-state index in [4.69, 9.17) is 0 Å². The number of hydrogen-bond donors (Lipinski definition) is 1. The van der Waals surface area contributed by atoms with Gasteiger partial charge < -0.3 is 5.32 Å². The van der Waals surface area contributed by atoms with Crippen molar-refractivity contribution in [2.75, 3.05) is 11.9 Å². The van der Waals surface area contributed by atoms with Gasteiger partial charge in [0, 0.05) is 17.8 Å². The molecular weight excluding hydrogens is 222 g/mol. The molecule has 96 valence electrons. The second-order valence-corrected chi connectivity index (χ2v) is 3.62. The molecule has 0 saturated heterocycles. The van der Waals surface area contributed by atoms with E-state index in [1.165, 1.54) is 0 Å². The molecule has 0 bridgehead atoms. The van der Waals surface area contributed by atoms with Crippen molar-refractivity contribution in [1.29, 1.82) is 0 Å². The maximum atomic E-state index is 10.3. The summed E-state index contributed by atoms with van der Waals surface area (Å²) in [5.41, 5.74) is 2.86. The van der Waals surface area contributed by atoms with Crippen molar-refractivity contribution >= 4 is 12.0 Å². The normalized spacial score (nSPS) is 9.78. The number of rotatable bonds is 5. The van der Waals surface area contributed by atoms with Crippen LogP contribution in [0.3, 0.4) is 0 Å². The van der Waals surface area contributed by atoms with Crippen LogP contribution in [0.1, 0.15) is 24.2 Å². The molecule has 1 aromatic rings. The summed E-state index contributed by atoms with van der Waals surface area (Å²) in [5.74, 6) is 0. The minimum absolute atomic E-state index is 0.712. The molecule has 2 heteroatoms. The summed E-state index contributed by atoms with van der Waals surface area (Å²) in [4.78, 5) is 10.3. The number of benzene rings is 1. The molecule has 0 aromatic heterocycles. The Labute approximate surface area is 110 Å². The first-order chi connectivity index (χ1) is 8.67. The largest absolute Gasteiger partial charge is 0.385 e. The van der Waals surface area contributed by atoms with Gasteiger partial charge in [0.1, 0.15) is 6.29 Å². The van der Waals surface area contributed by atoms with E-state index in [0.29, 0.717) is 5.56 Å². The molecule has 0 fully saturated rings. The summed E-state index contributed by atoms with van der Waals surface area (Å²) in [7, 11) is 0. The standard InChI is InChI=1S/C9H11NO.C7H10/c1-2-10-9-5-3-4-8(6-9)7-11;1-4-6-7(3)5-2/h3-7,10H,2H2,1H3;4-6H,1-2H2,3H3/b;7-6-. The van der Waals surface area contributed by atoms with Crippen LogP contribution in [0, 0.1) is 0 Å². The lowest BCUT2D eigenvalue weighted by molar-refractivity contribution is 0.112. The van der Waals surface area contributed by atoms with Crippen LogP contribution < -0.4 is 5.32 Å². The van der Waals surface area contributed by atoms with Crippen LogP contribution in [-0.4, -0.2) is 12.8 Å². The van der Waals surface area contributed by atoms with Crippen molar-refractivity contribution in [3.63, 3.8) is 0 Å². The van der Waals surface area contributed by atoms with Gasteiger partial charge in [-0.25, -0.2) is 0 Å². The smallest absolute Gasteiger partial charge is 0.150 e. The van der Waals surface area contributed by atoms with Gasteiger partial charge in [0.15, 0.2) is 0 Å². The van der Waals surface area contributed by atoms with E-state index < -0.39 is 0 Å². The predicted octanol–water partition coefficient (Wildman–Crippen LogP) is 4.24. The highest BCUT2D eigenvalue weighted by molar-refractivity contribution is 5.76. The third kappa shape index (κ3) is 7.23. The van der Waals surface area contributed by atoms with Crippen molar-refractivity contribution in [2.45, 2.75) is 13.8 Å². The molecule has 0 unspecified atom stereocenters. The molecule has 0 heterocycles. The molecule has 18 heavy (non-hydrogen) atoms. The van der Waals surface area contributed by atoms with Gasteiger partial charge in [0.25, 0.3) is 0 Å². The van der Waals surface area contributed by atoms with Gasteiger partial charge >= 0.3 is 0 Å². The van der Waals surface area contributed by atoms with E-state index in [1.807, 2.05) is 38.1 Å². The van der Waals surface area contributed by atoms with E-state index >= 15 is 0 Å². The number of carbonyl (C=O) groups excluding carboxylic acids is 1. The Kier molecular flexibility index (Phi) is 8.92. The maximum Gasteiger partial charge on any atom is 0.150 e. The van der Waals surface area contributed by atoms with Crippen molar-refractivity contribution in [1.82, 2.24) is 0 Å². The van der Waals surface area contributed by atoms with E-state index in [-0.39, 0.29) is 0 Å². The van der Waals surface area contributed by atoms with Crippen LogP contribution in [0.15, 0.2) is 61.2 Å².